The van der Waals surface area contributed by atoms with Crippen molar-refractivity contribution in [2.24, 2.45) is 0 Å². The van der Waals surface area contributed by atoms with Crippen LogP contribution in [0, 0.1) is 0 Å². The van der Waals surface area contributed by atoms with E-state index in [2.05, 4.69) is 49.9 Å². The van der Waals surface area contributed by atoms with Crippen LogP contribution in [0.25, 0.3) is 5.57 Å². The minimum absolute atomic E-state index is 0.192. The average Bonchev–Trinajstić information content (AvgIpc) is 2.87. The van der Waals surface area contributed by atoms with Crippen LogP contribution in [0.15, 0.2) is 65.8 Å². The summed E-state index contributed by atoms with van der Waals surface area (Å²) in [6.45, 7) is 9.37. The second-order valence-electron chi connectivity index (χ2n) is 6.21. The minimum atomic E-state index is 0.192. The quantitative estimate of drug-likeness (QED) is 0.741. The van der Waals surface area contributed by atoms with E-state index in [1.54, 1.807) is 0 Å². The number of allylic oxidation sites excluding steroid dienone is 4. The van der Waals surface area contributed by atoms with Crippen molar-refractivity contribution in [3.05, 3.63) is 76.9 Å². The van der Waals surface area contributed by atoms with Crippen LogP contribution in [0.4, 0.5) is 0 Å². The standard InChI is InChI=1S/C21H23NO/c1-4-17(5-2)18-11-9-16(10-12-18)13-22-14-19-8-6-7-15(3)20(19)21(22)23/h4-5,7,9-12H,1,6,8,13-14H2,2-3H3/b17-5+. The first-order chi connectivity index (χ1) is 11.1. The molecule has 2 aliphatic rings. The molecular formula is C21H23NO. The van der Waals surface area contributed by atoms with E-state index in [0.717, 1.165) is 41.7 Å². The van der Waals surface area contributed by atoms with Crippen molar-refractivity contribution in [2.75, 3.05) is 6.54 Å². The second-order valence-corrected chi connectivity index (χ2v) is 6.21. The Kier molecular flexibility index (Phi) is 4.33. The molecule has 0 spiro atoms. The molecule has 2 nitrogen and oxygen atoms in total. The van der Waals surface area contributed by atoms with E-state index in [-0.39, 0.29) is 5.91 Å². The third-order valence-corrected chi connectivity index (χ3v) is 4.72. The first-order valence-electron chi connectivity index (χ1n) is 8.20. The molecule has 23 heavy (non-hydrogen) atoms. The smallest absolute Gasteiger partial charge is 0.254 e. The molecule has 0 saturated heterocycles. The van der Waals surface area contributed by atoms with Crippen LogP contribution >= 0.6 is 0 Å². The second kappa shape index (κ2) is 6.41. The van der Waals surface area contributed by atoms with Crippen molar-refractivity contribution in [3.63, 3.8) is 0 Å². The van der Waals surface area contributed by atoms with E-state index in [1.807, 2.05) is 17.9 Å². The predicted octanol–water partition coefficient (Wildman–Crippen LogP) is 4.65. The van der Waals surface area contributed by atoms with Gasteiger partial charge in [-0.25, -0.2) is 0 Å². The number of nitrogens with zero attached hydrogens (tertiary/aromatic N) is 1. The number of hydrogen-bond acceptors (Lipinski definition) is 1. The molecule has 0 bridgehead atoms. The maximum Gasteiger partial charge on any atom is 0.254 e. The Hall–Kier alpha value is -2.35. The highest BCUT2D eigenvalue weighted by atomic mass is 16.2. The van der Waals surface area contributed by atoms with E-state index in [4.69, 9.17) is 0 Å². The highest BCUT2D eigenvalue weighted by Gasteiger charge is 2.31. The van der Waals surface area contributed by atoms with Crippen molar-refractivity contribution in [2.45, 2.75) is 33.2 Å². The molecule has 1 aromatic rings. The van der Waals surface area contributed by atoms with Gasteiger partial charge in [-0.05, 0) is 54.5 Å². The summed E-state index contributed by atoms with van der Waals surface area (Å²) in [6, 6.07) is 8.42. The van der Waals surface area contributed by atoms with Gasteiger partial charge in [0, 0.05) is 18.7 Å². The highest BCUT2D eigenvalue weighted by Crippen LogP contribution is 2.33. The molecule has 3 rings (SSSR count). The van der Waals surface area contributed by atoms with Crippen LogP contribution in [0.3, 0.4) is 0 Å². The van der Waals surface area contributed by atoms with Crippen LogP contribution in [-0.2, 0) is 11.3 Å². The fourth-order valence-corrected chi connectivity index (χ4v) is 3.46. The number of carbonyl (C=O) groups is 1. The lowest BCUT2D eigenvalue weighted by molar-refractivity contribution is -0.125. The van der Waals surface area contributed by atoms with E-state index in [0.29, 0.717) is 6.54 Å². The largest absolute Gasteiger partial charge is 0.330 e. The van der Waals surface area contributed by atoms with Crippen molar-refractivity contribution in [3.8, 4) is 0 Å². The molecule has 1 amide bonds. The summed E-state index contributed by atoms with van der Waals surface area (Å²) in [4.78, 5) is 14.6. The number of amides is 1. The van der Waals surface area contributed by atoms with Crippen LogP contribution < -0.4 is 0 Å². The van der Waals surface area contributed by atoms with E-state index < -0.39 is 0 Å². The molecule has 0 radical (unpaired) electrons. The maximum absolute atomic E-state index is 12.6. The monoisotopic (exact) mass is 305 g/mol. The fourth-order valence-electron chi connectivity index (χ4n) is 3.46. The predicted molar refractivity (Wildman–Crippen MR) is 95.7 cm³/mol. The Morgan fingerprint density at radius 3 is 2.65 bits per heavy atom. The highest BCUT2D eigenvalue weighted by molar-refractivity contribution is 6.01. The van der Waals surface area contributed by atoms with Gasteiger partial charge in [-0.2, -0.15) is 0 Å². The lowest BCUT2D eigenvalue weighted by Gasteiger charge is -2.17. The van der Waals surface area contributed by atoms with Crippen molar-refractivity contribution < 1.29 is 4.79 Å². The Bertz CT molecular complexity index is 732. The summed E-state index contributed by atoms with van der Waals surface area (Å²) in [5.41, 5.74) is 6.90. The zero-order chi connectivity index (χ0) is 16.4. The molecule has 0 saturated carbocycles. The SMILES string of the molecule is C=C/C(=C\C)c1ccc(CN2CC3=C(C2=O)C(C)=CCC3)cc1. The molecule has 1 heterocycles. The molecule has 0 fully saturated rings. The zero-order valence-corrected chi connectivity index (χ0v) is 13.9. The third-order valence-electron chi connectivity index (χ3n) is 4.72. The van der Waals surface area contributed by atoms with E-state index >= 15 is 0 Å². The third kappa shape index (κ3) is 2.94. The van der Waals surface area contributed by atoms with E-state index in [1.165, 1.54) is 11.1 Å². The Morgan fingerprint density at radius 2 is 2.04 bits per heavy atom. The average molecular weight is 305 g/mol. The van der Waals surface area contributed by atoms with Crippen molar-refractivity contribution in [1.82, 2.24) is 4.90 Å². The summed E-state index contributed by atoms with van der Waals surface area (Å²) < 4.78 is 0. The van der Waals surface area contributed by atoms with Crippen molar-refractivity contribution >= 4 is 11.5 Å². The Balaban J connectivity index is 1.73. The number of benzene rings is 1. The van der Waals surface area contributed by atoms with Gasteiger partial charge < -0.3 is 4.90 Å². The van der Waals surface area contributed by atoms with Gasteiger partial charge in [-0.3, -0.25) is 4.79 Å². The van der Waals surface area contributed by atoms with Gasteiger partial charge in [0.05, 0.1) is 0 Å². The summed E-state index contributed by atoms with van der Waals surface area (Å²) in [7, 11) is 0. The molecular weight excluding hydrogens is 282 g/mol. The normalized spacial score (nSPS) is 18.2. The Labute approximate surface area is 138 Å². The van der Waals surface area contributed by atoms with Crippen LogP contribution in [0.5, 0.6) is 0 Å². The van der Waals surface area contributed by atoms with E-state index in [9.17, 15) is 4.79 Å². The van der Waals surface area contributed by atoms with Crippen molar-refractivity contribution in [1.29, 1.82) is 0 Å². The zero-order valence-electron chi connectivity index (χ0n) is 13.9. The number of rotatable bonds is 4. The number of carbonyl (C=O) groups excluding carboxylic acids is 1. The van der Waals surface area contributed by atoms with Crippen LogP contribution in [-0.4, -0.2) is 17.4 Å². The van der Waals surface area contributed by atoms with Gasteiger partial charge in [0.1, 0.15) is 0 Å². The van der Waals surface area contributed by atoms with Gasteiger partial charge >= 0.3 is 0 Å². The molecule has 118 valence electrons. The summed E-state index contributed by atoms with van der Waals surface area (Å²) in [5, 5.41) is 0. The minimum Gasteiger partial charge on any atom is -0.330 e. The fraction of sp³-hybridized carbons (Fsp3) is 0.286. The number of hydrogen-bond donors (Lipinski definition) is 0. The van der Waals surface area contributed by atoms with Gasteiger partial charge in [-0.15, -0.1) is 0 Å². The molecule has 0 aromatic heterocycles. The first kappa shape index (κ1) is 15.5. The van der Waals surface area contributed by atoms with Gasteiger partial charge in [0.15, 0.2) is 0 Å². The summed E-state index contributed by atoms with van der Waals surface area (Å²) >= 11 is 0. The molecule has 1 aliphatic heterocycles. The maximum atomic E-state index is 12.6. The molecule has 0 unspecified atom stereocenters. The molecule has 0 N–H and O–H groups in total. The van der Waals surface area contributed by atoms with Gasteiger partial charge in [0.25, 0.3) is 5.91 Å². The Morgan fingerprint density at radius 1 is 1.30 bits per heavy atom. The molecule has 1 aromatic carbocycles. The summed E-state index contributed by atoms with van der Waals surface area (Å²) in [6.07, 6.45) is 8.19. The van der Waals surface area contributed by atoms with Crippen LogP contribution in [0.2, 0.25) is 0 Å². The van der Waals surface area contributed by atoms with Gasteiger partial charge in [0.2, 0.25) is 0 Å². The topological polar surface area (TPSA) is 20.3 Å². The lowest BCUT2D eigenvalue weighted by atomic mass is 9.94. The van der Waals surface area contributed by atoms with Gasteiger partial charge in [-0.1, -0.05) is 49.1 Å². The molecule has 0 atom stereocenters. The van der Waals surface area contributed by atoms with Crippen LogP contribution in [0.1, 0.15) is 37.8 Å². The summed E-state index contributed by atoms with van der Waals surface area (Å²) in [5.74, 6) is 0.192. The first-order valence-corrected chi connectivity index (χ1v) is 8.20. The molecule has 1 aliphatic carbocycles. The lowest BCUT2D eigenvalue weighted by Crippen LogP contribution is -2.26. The molecule has 2 heteroatoms.